The van der Waals surface area contributed by atoms with E-state index in [-0.39, 0.29) is 11.4 Å². The Kier molecular flexibility index (Phi) is 4.35. The van der Waals surface area contributed by atoms with Gasteiger partial charge in [-0.15, -0.1) is 0 Å². The number of nitrogens with two attached hydrogens (primary N) is 1. The van der Waals surface area contributed by atoms with Crippen molar-refractivity contribution < 1.29 is 26.0 Å². The first-order valence-electron chi connectivity index (χ1n) is 4.72. The Morgan fingerprint density at radius 2 is 2.06 bits per heavy atom. The van der Waals surface area contributed by atoms with E-state index in [4.69, 9.17) is 5.73 Å². The zero-order valence-electron chi connectivity index (χ0n) is 8.96. The molecule has 0 amide bonds. The zero-order chi connectivity index (χ0) is 14.0. The molecule has 1 aromatic rings. The van der Waals surface area contributed by atoms with Gasteiger partial charge in [0.05, 0.1) is 11.4 Å². The quantitative estimate of drug-likeness (QED) is 0.672. The average Bonchev–Trinajstić information content (AvgIpc) is 2.75. The topological polar surface area (TPSA) is 88.0 Å². The van der Waals surface area contributed by atoms with Crippen molar-refractivity contribution in [3.63, 3.8) is 0 Å². The number of aromatic nitrogens is 1. The van der Waals surface area contributed by atoms with Crippen LogP contribution in [0.25, 0.3) is 0 Å². The fraction of sp³-hybridized carbons (Fsp3) is 0.500. The molecule has 10 heteroatoms. The SMILES string of the molecule is NCc1cc(S(=O)(=O)NCC(F)(F)C(F)F)c[nH]1. The van der Waals surface area contributed by atoms with Crippen molar-refractivity contribution >= 4 is 10.0 Å². The number of rotatable bonds is 6. The molecule has 1 heterocycles. The van der Waals surface area contributed by atoms with E-state index < -0.39 is 28.9 Å². The van der Waals surface area contributed by atoms with Gasteiger partial charge in [-0.3, -0.25) is 0 Å². The molecular formula is C8H11F4N3O2S. The largest absolute Gasteiger partial charge is 0.363 e. The molecule has 0 aromatic carbocycles. The van der Waals surface area contributed by atoms with Crippen LogP contribution >= 0.6 is 0 Å². The Balaban J connectivity index is 2.77. The Labute approximate surface area is 100 Å². The van der Waals surface area contributed by atoms with Crippen molar-refractivity contribution in [2.75, 3.05) is 6.54 Å². The standard InChI is InChI=1S/C8H11F4N3O2S/c9-7(10)8(11,12)4-15-18(16,17)6-1-5(2-13)14-3-6/h1,3,7,14-15H,2,4,13H2. The first-order chi connectivity index (χ1) is 8.19. The Bertz CT molecular complexity index is 500. The predicted molar refractivity (Wildman–Crippen MR) is 54.8 cm³/mol. The number of halogens is 4. The van der Waals surface area contributed by atoms with E-state index in [0.717, 1.165) is 12.3 Å². The molecule has 0 spiro atoms. The van der Waals surface area contributed by atoms with Crippen molar-refractivity contribution in [1.29, 1.82) is 0 Å². The molecule has 0 aliphatic rings. The highest BCUT2D eigenvalue weighted by atomic mass is 32.2. The van der Waals surface area contributed by atoms with Crippen LogP contribution in [-0.2, 0) is 16.6 Å². The van der Waals surface area contributed by atoms with Crippen LogP contribution in [0.1, 0.15) is 5.69 Å². The summed E-state index contributed by atoms with van der Waals surface area (Å²) in [5.74, 6) is -4.42. The maximum Gasteiger partial charge on any atom is 0.320 e. The lowest BCUT2D eigenvalue weighted by Gasteiger charge is -2.15. The Morgan fingerprint density at radius 1 is 1.44 bits per heavy atom. The van der Waals surface area contributed by atoms with E-state index in [9.17, 15) is 26.0 Å². The summed E-state index contributed by atoms with van der Waals surface area (Å²) in [6.07, 6.45) is -2.91. The van der Waals surface area contributed by atoms with E-state index in [0.29, 0.717) is 5.69 Å². The highest BCUT2D eigenvalue weighted by molar-refractivity contribution is 7.89. The van der Waals surface area contributed by atoms with Gasteiger partial charge in [-0.2, -0.15) is 8.78 Å². The number of alkyl halides is 4. The zero-order valence-corrected chi connectivity index (χ0v) is 9.78. The number of H-pyrrole nitrogens is 1. The first-order valence-corrected chi connectivity index (χ1v) is 6.20. The maximum absolute atomic E-state index is 12.6. The molecule has 0 unspecified atom stereocenters. The highest BCUT2D eigenvalue weighted by Crippen LogP contribution is 2.22. The number of hydrogen-bond acceptors (Lipinski definition) is 3. The van der Waals surface area contributed by atoms with E-state index >= 15 is 0 Å². The minimum absolute atomic E-state index is 0.0305. The van der Waals surface area contributed by atoms with Gasteiger partial charge >= 0.3 is 12.3 Å². The molecule has 0 saturated carbocycles. The summed E-state index contributed by atoms with van der Waals surface area (Å²) in [6, 6.07) is 1.13. The smallest absolute Gasteiger partial charge is 0.320 e. The van der Waals surface area contributed by atoms with Crippen LogP contribution in [0.5, 0.6) is 0 Å². The van der Waals surface area contributed by atoms with Crippen molar-refractivity contribution in [2.45, 2.75) is 23.8 Å². The second-order valence-corrected chi connectivity index (χ2v) is 5.22. The van der Waals surface area contributed by atoms with Crippen molar-refractivity contribution in [1.82, 2.24) is 9.71 Å². The van der Waals surface area contributed by atoms with Gasteiger partial charge in [-0.05, 0) is 6.07 Å². The molecule has 0 fully saturated rings. The van der Waals surface area contributed by atoms with Crippen LogP contribution in [0.3, 0.4) is 0 Å². The minimum Gasteiger partial charge on any atom is -0.363 e. The number of sulfonamides is 1. The lowest BCUT2D eigenvalue weighted by atomic mass is 10.4. The first kappa shape index (κ1) is 14.9. The van der Waals surface area contributed by atoms with Gasteiger partial charge in [-0.1, -0.05) is 0 Å². The Hall–Kier alpha value is -1.13. The van der Waals surface area contributed by atoms with Crippen molar-refractivity contribution in [2.24, 2.45) is 5.73 Å². The lowest BCUT2D eigenvalue weighted by molar-refractivity contribution is -0.122. The van der Waals surface area contributed by atoms with Gasteiger partial charge in [0.1, 0.15) is 0 Å². The predicted octanol–water partition coefficient (Wildman–Crippen LogP) is 0.652. The fourth-order valence-corrected chi connectivity index (χ4v) is 2.10. The molecule has 1 rings (SSSR count). The monoisotopic (exact) mass is 289 g/mol. The Morgan fingerprint density at radius 3 is 2.50 bits per heavy atom. The minimum atomic E-state index is -4.42. The normalized spacial score (nSPS) is 13.2. The van der Waals surface area contributed by atoms with Crippen LogP contribution in [0.15, 0.2) is 17.2 Å². The number of aromatic amines is 1. The van der Waals surface area contributed by atoms with Crippen LogP contribution < -0.4 is 10.5 Å². The molecule has 4 N–H and O–H groups in total. The second-order valence-electron chi connectivity index (χ2n) is 3.45. The van der Waals surface area contributed by atoms with E-state index in [2.05, 4.69) is 4.98 Å². The van der Waals surface area contributed by atoms with Crippen molar-refractivity contribution in [3.05, 3.63) is 18.0 Å². The fourth-order valence-electron chi connectivity index (χ4n) is 1.04. The average molecular weight is 289 g/mol. The molecule has 1 aromatic heterocycles. The van der Waals surface area contributed by atoms with Crippen molar-refractivity contribution in [3.8, 4) is 0 Å². The van der Waals surface area contributed by atoms with E-state index in [1.54, 1.807) is 0 Å². The summed E-state index contributed by atoms with van der Waals surface area (Å²) in [4.78, 5) is 2.16. The molecule has 104 valence electrons. The number of hydrogen-bond donors (Lipinski definition) is 3. The lowest BCUT2D eigenvalue weighted by Crippen LogP contribution is -2.41. The molecule has 0 aliphatic heterocycles. The summed E-state index contributed by atoms with van der Waals surface area (Å²) in [5, 5.41) is 0. The number of nitrogens with one attached hydrogen (secondary N) is 2. The second kappa shape index (κ2) is 5.24. The summed E-state index contributed by atoms with van der Waals surface area (Å²) in [7, 11) is -4.27. The molecule has 0 saturated heterocycles. The van der Waals surface area contributed by atoms with Crippen LogP contribution in [0.4, 0.5) is 17.6 Å². The molecule has 18 heavy (non-hydrogen) atoms. The van der Waals surface area contributed by atoms with E-state index in [1.807, 2.05) is 0 Å². The third kappa shape index (κ3) is 3.43. The summed E-state index contributed by atoms with van der Waals surface area (Å²) < 4.78 is 73.2. The van der Waals surface area contributed by atoms with Gasteiger partial charge in [0.25, 0.3) is 0 Å². The molecule has 0 radical (unpaired) electrons. The van der Waals surface area contributed by atoms with Gasteiger partial charge in [-0.25, -0.2) is 21.9 Å². The molecule has 0 bridgehead atoms. The maximum atomic E-state index is 12.6. The van der Waals surface area contributed by atoms with E-state index in [1.165, 1.54) is 4.72 Å². The van der Waals surface area contributed by atoms with Gasteiger partial charge < -0.3 is 10.7 Å². The summed E-state index contributed by atoms with van der Waals surface area (Å²) in [5.41, 5.74) is 5.60. The molecular weight excluding hydrogens is 278 g/mol. The summed E-state index contributed by atoms with van der Waals surface area (Å²) in [6.45, 7) is -1.64. The van der Waals surface area contributed by atoms with Gasteiger partial charge in [0.15, 0.2) is 0 Å². The van der Waals surface area contributed by atoms with Gasteiger partial charge in [0, 0.05) is 18.4 Å². The molecule has 0 aliphatic carbocycles. The van der Waals surface area contributed by atoms with Gasteiger partial charge in [0.2, 0.25) is 10.0 Å². The third-order valence-electron chi connectivity index (χ3n) is 2.06. The van der Waals surface area contributed by atoms with Crippen LogP contribution in [-0.4, -0.2) is 32.3 Å². The molecule has 5 nitrogen and oxygen atoms in total. The summed E-state index contributed by atoms with van der Waals surface area (Å²) >= 11 is 0. The third-order valence-corrected chi connectivity index (χ3v) is 3.44. The van der Waals surface area contributed by atoms with Crippen LogP contribution in [0.2, 0.25) is 0 Å². The van der Waals surface area contributed by atoms with Crippen LogP contribution in [0, 0.1) is 0 Å². The molecule has 0 atom stereocenters. The highest BCUT2D eigenvalue weighted by Gasteiger charge is 2.41.